The van der Waals surface area contributed by atoms with Crippen LogP contribution < -0.4 is 9.80 Å². The summed E-state index contributed by atoms with van der Waals surface area (Å²) in [5.74, 6) is 0. The number of benzene rings is 12. The van der Waals surface area contributed by atoms with Crippen molar-refractivity contribution in [2.75, 3.05) is 9.80 Å². The van der Waals surface area contributed by atoms with Gasteiger partial charge < -0.3 is 27.8 Å². The zero-order valence-electron chi connectivity index (χ0n) is 47.9. The summed E-state index contributed by atoms with van der Waals surface area (Å²) in [6.07, 6.45) is 0. The molecule has 0 bridgehead atoms. The average molecular weight is 1090 g/mol. The van der Waals surface area contributed by atoms with Crippen LogP contribution in [0.5, 0.6) is 0 Å². The number of hydrogen-bond donors (Lipinski definition) is 0. The van der Waals surface area contributed by atoms with Gasteiger partial charge in [-0.2, -0.15) is 0 Å². The molecule has 4 heterocycles. The highest BCUT2D eigenvalue weighted by atomic mass is 16.3. The van der Waals surface area contributed by atoms with Crippen LogP contribution in [0.2, 0.25) is 0 Å². The van der Waals surface area contributed by atoms with Crippen molar-refractivity contribution in [2.24, 2.45) is 0 Å². The predicted octanol–water partition coefficient (Wildman–Crippen LogP) is 22.4. The third-order valence-electron chi connectivity index (χ3n) is 17.3. The van der Waals surface area contributed by atoms with E-state index < -0.39 is 0 Å². The molecule has 6 heteroatoms. The van der Waals surface area contributed by atoms with Crippen LogP contribution in [0.3, 0.4) is 0 Å². The fourth-order valence-electron chi connectivity index (χ4n) is 13.1. The van der Waals surface area contributed by atoms with Crippen LogP contribution in [0.1, 0.15) is 52.7 Å². The van der Waals surface area contributed by atoms with Gasteiger partial charge in [-0.05, 0) is 178 Å². The summed E-state index contributed by atoms with van der Waals surface area (Å²) < 4.78 is 18.5. The van der Waals surface area contributed by atoms with Crippen LogP contribution in [-0.2, 0) is 10.8 Å². The minimum absolute atomic E-state index is 0.0274. The maximum Gasteiger partial charge on any atom is 0.137 e. The maximum absolute atomic E-state index is 6.86. The molecule has 0 aliphatic heterocycles. The van der Waals surface area contributed by atoms with Gasteiger partial charge in [0.05, 0.1) is 22.1 Å². The number of nitrogens with zero attached hydrogens (tertiary/aromatic N) is 4. The summed E-state index contributed by atoms with van der Waals surface area (Å²) in [7, 11) is 0. The van der Waals surface area contributed by atoms with Crippen molar-refractivity contribution in [3.8, 4) is 11.4 Å². The van der Waals surface area contributed by atoms with Crippen molar-refractivity contribution in [1.29, 1.82) is 0 Å². The standard InChI is InChI=1S/C78H60N4O2/c1-77(2,3)51-19-17-25-55(43-51)81-69-29-15-13-27-61(69)65-45-57(33-37-71(65)81)79(53-21-9-7-10-22-53)59-31-35-63-67-39-49-40-68-64-36-32-60(48-76(64)84-74(68)42-50(49)41-73(67)83-75(63)47-59)80(54-23-11-8-12-24-54)58-34-38-72-66(46-58)62-28-14-16-30-70(62)82(72)56-26-18-20-52(44-56)78(4,5)6/h7-48H,1-6H3. The Labute approximate surface area is 487 Å². The van der Waals surface area contributed by atoms with Gasteiger partial charge in [0, 0.05) is 101 Å². The molecule has 0 unspecified atom stereocenters. The summed E-state index contributed by atoms with van der Waals surface area (Å²) >= 11 is 0. The highest BCUT2D eigenvalue weighted by Gasteiger charge is 2.24. The molecular formula is C78H60N4O2. The first-order chi connectivity index (χ1) is 40.9. The van der Waals surface area contributed by atoms with E-state index in [0.717, 1.165) is 100 Å². The molecule has 6 nitrogen and oxygen atoms in total. The first kappa shape index (κ1) is 49.5. The zero-order valence-corrected chi connectivity index (χ0v) is 47.9. The number of hydrogen-bond acceptors (Lipinski definition) is 4. The summed E-state index contributed by atoms with van der Waals surface area (Å²) in [6, 6.07) is 92.7. The van der Waals surface area contributed by atoms with Gasteiger partial charge in [-0.3, -0.25) is 0 Å². The summed E-state index contributed by atoms with van der Waals surface area (Å²) in [6.45, 7) is 13.7. The van der Waals surface area contributed by atoms with E-state index in [-0.39, 0.29) is 10.8 Å². The Morgan fingerprint density at radius 3 is 1.07 bits per heavy atom. The molecule has 0 amide bonds. The SMILES string of the molecule is CC(C)(C)c1cccc(-n2c3ccccc3c3cc(N(c4ccccc4)c4ccc5c(c4)oc4cc6cc7oc8cc(N(c9ccccc9)c9ccc%10c(c9)c9ccccc9n%10-c9cccc(C(C)(C)C)c9)ccc8c7cc6cc45)ccc32)c1. The second-order valence-corrected chi connectivity index (χ2v) is 24.7. The van der Waals surface area contributed by atoms with Gasteiger partial charge in [0.2, 0.25) is 0 Å². The van der Waals surface area contributed by atoms with E-state index in [4.69, 9.17) is 8.83 Å². The van der Waals surface area contributed by atoms with E-state index in [0.29, 0.717) is 0 Å². The molecule has 0 atom stereocenters. The normalized spacial score (nSPS) is 12.4. The lowest BCUT2D eigenvalue weighted by molar-refractivity contribution is 0.589. The Bertz CT molecular complexity index is 4970. The monoisotopic (exact) mass is 1080 g/mol. The molecule has 16 aromatic rings. The number of para-hydroxylation sites is 4. The van der Waals surface area contributed by atoms with Gasteiger partial charge >= 0.3 is 0 Å². The lowest BCUT2D eigenvalue weighted by atomic mass is 9.87. The van der Waals surface area contributed by atoms with Crippen LogP contribution in [0.25, 0.3) is 110 Å². The van der Waals surface area contributed by atoms with Gasteiger partial charge in [-0.25, -0.2) is 0 Å². The van der Waals surface area contributed by atoms with Crippen molar-refractivity contribution < 1.29 is 8.83 Å². The highest BCUT2D eigenvalue weighted by molar-refractivity contribution is 6.17. The van der Waals surface area contributed by atoms with Gasteiger partial charge in [0.1, 0.15) is 22.3 Å². The molecule has 12 aromatic carbocycles. The lowest BCUT2D eigenvalue weighted by Crippen LogP contribution is -2.11. The maximum atomic E-state index is 6.86. The molecule has 0 fully saturated rings. The Morgan fingerprint density at radius 1 is 0.262 bits per heavy atom. The molecular weight excluding hydrogens is 1020 g/mol. The van der Waals surface area contributed by atoms with Crippen molar-refractivity contribution in [1.82, 2.24) is 9.13 Å². The Balaban J connectivity index is 0.771. The molecule has 4 aromatic heterocycles. The molecule has 0 aliphatic carbocycles. The molecule has 404 valence electrons. The molecule has 0 spiro atoms. The average Bonchev–Trinajstić information content (AvgIpc) is 2.32. The molecule has 0 radical (unpaired) electrons. The number of anilines is 6. The fourth-order valence-corrected chi connectivity index (χ4v) is 13.1. The highest BCUT2D eigenvalue weighted by Crippen LogP contribution is 2.46. The number of rotatable bonds is 8. The second-order valence-electron chi connectivity index (χ2n) is 24.7. The van der Waals surface area contributed by atoms with Gasteiger partial charge in [0.15, 0.2) is 0 Å². The van der Waals surface area contributed by atoms with E-state index >= 15 is 0 Å². The van der Waals surface area contributed by atoms with Gasteiger partial charge in [0.25, 0.3) is 0 Å². The smallest absolute Gasteiger partial charge is 0.137 e. The van der Waals surface area contributed by atoms with Crippen molar-refractivity contribution in [2.45, 2.75) is 52.4 Å². The van der Waals surface area contributed by atoms with E-state index in [9.17, 15) is 0 Å². The first-order valence-corrected chi connectivity index (χ1v) is 29.1. The zero-order chi connectivity index (χ0) is 56.6. The molecule has 0 saturated heterocycles. The molecule has 0 N–H and O–H groups in total. The molecule has 0 saturated carbocycles. The topological polar surface area (TPSA) is 42.6 Å². The third-order valence-corrected chi connectivity index (χ3v) is 17.3. The van der Waals surface area contributed by atoms with E-state index in [1.165, 1.54) is 54.7 Å². The van der Waals surface area contributed by atoms with Crippen LogP contribution in [0, 0.1) is 0 Å². The summed E-state index contributed by atoms with van der Waals surface area (Å²) in [5.41, 5.74) is 19.3. The Morgan fingerprint density at radius 2 is 0.631 bits per heavy atom. The van der Waals surface area contributed by atoms with Crippen molar-refractivity contribution >= 4 is 132 Å². The Kier molecular flexibility index (Phi) is 11.0. The van der Waals surface area contributed by atoms with Crippen LogP contribution in [0.4, 0.5) is 34.1 Å². The molecule has 16 rings (SSSR count). The second kappa shape index (κ2) is 18.6. The predicted molar refractivity (Wildman–Crippen MR) is 354 cm³/mol. The van der Waals surface area contributed by atoms with Crippen LogP contribution in [-0.4, -0.2) is 9.13 Å². The Hall–Kier alpha value is -10.3. The fraction of sp³-hybridized carbons (Fsp3) is 0.103. The number of furan rings is 2. The first-order valence-electron chi connectivity index (χ1n) is 29.1. The van der Waals surface area contributed by atoms with Gasteiger partial charge in [-0.1, -0.05) is 139 Å². The number of aromatic nitrogens is 2. The minimum atomic E-state index is 0.0274. The minimum Gasteiger partial charge on any atom is -0.456 e. The quantitative estimate of drug-likeness (QED) is 0.152. The summed E-state index contributed by atoms with van der Waals surface area (Å²) in [5, 5.41) is 11.3. The molecule has 0 aliphatic rings. The summed E-state index contributed by atoms with van der Waals surface area (Å²) in [4.78, 5) is 4.68. The largest absolute Gasteiger partial charge is 0.456 e. The van der Waals surface area contributed by atoms with E-state index in [1.807, 2.05) is 0 Å². The van der Waals surface area contributed by atoms with Crippen LogP contribution >= 0.6 is 0 Å². The third kappa shape index (κ3) is 8.00. The van der Waals surface area contributed by atoms with E-state index in [1.54, 1.807) is 0 Å². The lowest BCUT2D eigenvalue weighted by Gasteiger charge is -2.25. The van der Waals surface area contributed by atoms with Crippen molar-refractivity contribution in [3.63, 3.8) is 0 Å². The van der Waals surface area contributed by atoms with E-state index in [2.05, 4.69) is 315 Å². The van der Waals surface area contributed by atoms with Gasteiger partial charge in [-0.15, -0.1) is 0 Å². The van der Waals surface area contributed by atoms with Crippen molar-refractivity contribution in [3.05, 3.63) is 266 Å². The number of fused-ring (bicyclic) bond motifs is 13. The molecule has 84 heavy (non-hydrogen) atoms. The van der Waals surface area contributed by atoms with Crippen LogP contribution in [0.15, 0.2) is 264 Å².